The summed E-state index contributed by atoms with van der Waals surface area (Å²) in [4.78, 5) is -0.165. The minimum absolute atomic E-state index is 0.165. The molecule has 38 heavy (non-hydrogen) atoms. The molecule has 2 rings (SSSR count). The first-order valence-electron chi connectivity index (χ1n) is 11.4. The molecule has 0 aliphatic rings. The van der Waals surface area contributed by atoms with Crippen molar-refractivity contribution >= 4 is 27.6 Å². The van der Waals surface area contributed by atoms with E-state index in [1.54, 1.807) is 31.2 Å². The molecular weight excluding hydrogens is 572 g/mol. The van der Waals surface area contributed by atoms with Crippen molar-refractivity contribution in [2.75, 3.05) is 20.3 Å². The topological polar surface area (TPSA) is 122 Å². The van der Waals surface area contributed by atoms with Crippen LogP contribution in [0.3, 0.4) is 0 Å². The van der Waals surface area contributed by atoms with Gasteiger partial charge in [0.05, 0.1) is 30.5 Å². The number of ether oxygens (including phenoxy) is 1. The fourth-order valence-electron chi connectivity index (χ4n) is 3.47. The highest BCUT2D eigenvalue weighted by atomic mass is 32.2. The van der Waals surface area contributed by atoms with Crippen molar-refractivity contribution in [1.29, 1.82) is 0 Å². The number of sulfone groups is 1. The third-order valence-corrected chi connectivity index (χ3v) is 11.0. The number of halogens is 3. The molecule has 9 nitrogen and oxygen atoms in total. The molecule has 0 saturated heterocycles. The van der Waals surface area contributed by atoms with Gasteiger partial charge in [0.2, 0.25) is 0 Å². The van der Waals surface area contributed by atoms with E-state index in [4.69, 9.17) is 13.8 Å². The molecule has 214 valence electrons. The first kappa shape index (κ1) is 32.3. The van der Waals surface area contributed by atoms with E-state index >= 15 is 0 Å². The lowest BCUT2D eigenvalue weighted by atomic mass is 10.1. The summed E-state index contributed by atoms with van der Waals surface area (Å²) in [6.07, 6.45) is -1.24. The van der Waals surface area contributed by atoms with Gasteiger partial charge in [0.1, 0.15) is 5.75 Å². The van der Waals surface area contributed by atoms with Crippen molar-refractivity contribution in [3.05, 3.63) is 59.7 Å². The zero-order valence-electron chi connectivity index (χ0n) is 21.2. The highest BCUT2D eigenvalue weighted by molar-refractivity contribution is 7.92. The Morgan fingerprint density at radius 2 is 1.42 bits per heavy atom. The molecule has 15 heteroatoms. The molecule has 0 amide bonds. The zero-order valence-corrected chi connectivity index (χ0v) is 23.7. The normalized spacial score (nSPS) is 14.7. The number of methoxy groups -OCH3 is 1. The highest BCUT2D eigenvalue weighted by Crippen LogP contribution is 2.56. The molecular formula is C23H30F3O9PS2. The first-order valence-corrected chi connectivity index (χ1v) is 16.0. The quantitative estimate of drug-likeness (QED) is 0.162. The molecule has 0 radical (unpaired) electrons. The average Bonchev–Trinajstić information content (AvgIpc) is 2.83. The van der Waals surface area contributed by atoms with Crippen molar-refractivity contribution in [3.8, 4) is 5.75 Å². The summed E-state index contributed by atoms with van der Waals surface area (Å²) in [6, 6.07) is 11.9. The van der Waals surface area contributed by atoms with E-state index in [-0.39, 0.29) is 24.5 Å². The van der Waals surface area contributed by atoms with Crippen molar-refractivity contribution < 1.29 is 52.5 Å². The molecule has 0 aromatic heterocycles. The number of aryl methyl sites for hydroxylation is 1. The predicted octanol–water partition coefficient (Wildman–Crippen LogP) is 5.24. The summed E-state index contributed by atoms with van der Waals surface area (Å²) in [5, 5.41) is -1.58. The summed E-state index contributed by atoms with van der Waals surface area (Å²) in [7, 11) is -13.9. The van der Waals surface area contributed by atoms with Crippen LogP contribution in [-0.4, -0.2) is 53.8 Å². The molecule has 2 aromatic rings. The molecule has 0 fully saturated rings. The summed E-state index contributed by atoms with van der Waals surface area (Å²) < 4.78 is 124. The van der Waals surface area contributed by atoms with E-state index in [1.165, 1.54) is 45.2 Å². The van der Waals surface area contributed by atoms with Gasteiger partial charge in [-0.15, -0.1) is 0 Å². The summed E-state index contributed by atoms with van der Waals surface area (Å²) >= 11 is 0. The van der Waals surface area contributed by atoms with Gasteiger partial charge < -0.3 is 13.8 Å². The second-order valence-electron chi connectivity index (χ2n) is 8.09. The monoisotopic (exact) mass is 602 g/mol. The van der Waals surface area contributed by atoms with Crippen LogP contribution in [0, 0.1) is 6.92 Å². The van der Waals surface area contributed by atoms with Crippen molar-refractivity contribution in [3.63, 3.8) is 0 Å². The van der Waals surface area contributed by atoms with Gasteiger partial charge >= 0.3 is 23.2 Å². The van der Waals surface area contributed by atoms with Gasteiger partial charge in [-0.1, -0.05) is 29.8 Å². The van der Waals surface area contributed by atoms with Gasteiger partial charge in [0.25, 0.3) is 0 Å². The minimum atomic E-state index is -6.30. The van der Waals surface area contributed by atoms with E-state index in [0.717, 1.165) is 5.56 Å². The van der Waals surface area contributed by atoms with Crippen LogP contribution in [0.25, 0.3) is 0 Å². The van der Waals surface area contributed by atoms with Crippen molar-refractivity contribution in [2.24, 2.45) is 0 Å². The number of alkyl halides is 3. The lowest BCUT2D eigenvalue weighted by Crippen LogP contribution is -2.35. The smallest absolute Gasteiger partial charge is 0.497 e. The van der Waals surface area contributed by atoms with Gasteiger partial charge in [-0.25, -0.2) is 12.6 Å². The zero-order chi connectivity index (χ0) is 28.8. The standard InChI is InChI=1S/C23H30F3O9PS2/c1-5-33-36(27,34-6-2)22(35-38(30,31)23(24,25)26)16-21(15-18-9-11-19(32-4)12-10-18)37(28,29)20-13-7-17(3)8-14-20/h7-14,21-22H,5-6,15-16H2,1-4H3. The summed E-state index contributed by atoms with van der Waals surface area (Å²) in [5.41, 5.74) is -4.67. The number of benzene rings is 2. The molecule has 2 aromatic carbocycles. The number of rotatable bonds is 14. The lowest BCUT2D eigenvalue weighted by molar-refractivity contribution is -0.0560. The Morgan fingerprint density at radius 1 is 0.895 bits per heavy atom. The number of hydrogen-bond donors (Lipinski definition) is 0. The Hall–Kier alpha value is -1.96. The molecule has 0 heterocycles. The average molecular weight is 603 g/mol. The van der Waals surface area contributed by atoms with Crippen LogP contribution >= 0.6 is 7.60 Å². The fourth-order valence-corrected chi connectivity index (χ4v) is 8.24. The molecule has 0 aliphatic heterocycles. The van der Waals surface area contributed by atoms with E-state index < -0.39 is 50.6 Å². The van der Waals surface area contributed by atoms with Gasteiger partial charge in [-0.2, -0.15) is 21.6 Å². The maximum atomic E-state index is 13.7. The molecule has 0 N–H and O–H groups in total. The Kier molecular flexibility index (Phi) is 11.0. The second-order valence-corrected chi connectivity index (χ2v) is 14.1. The molecule has 2 unspecified atom stereocenters. The maximum Gasteiger partial charge on any atom is 0.523 e. The molecule has 0 spiro atoms. The summed E-state index contributed by atoms with van der Waals surface area (Å²) in [6.45, 7) is 3.78. The van der Waals surface area contributed by atoms with Crippen LogP contribution in [0.1, 0.15) is 31.4 Å². The Bertz CT molecular complexity index is 1300. The molecule has 0 aliphatic carbocycles. The van der Waals surface area contributed by atoms with E-state index in [1.807, 2.05) is 0 Å². The van der Waals surface area contributed by atoms with E-state index in [2.05, 4.69) is 4.18 Å². The Balaban J connectivity index is 2.65. The van der Waals surface area contributed by atoms with Gasteiger partial charge in [0, 0.05) is 6.42 Å². The van der Waals surface area contributed by atoms with Crippen LogP contribution in [0.2, 0.25) is 0 Å². The van der Waals surface area contributed by atoms with Crippen LogP contribution < -0.4 is 4.74 Å². The largest absolute Gasteiger partial charge is 0.523 e. The first-order chi connectivity index (χ1) is 17.6. The SMILES string of the molecule is CCOP(=O)(OCC)C(CC(Cc1ccc(OC)cc1)S(=O)(=O)c1ccc(C)cc1)OS(=O)(=O)C(F)(F)F. The predicted molar refractivity (Wildman–Crippen MR) is 134 cm³/mol. The second kappa shape index (κ2) is 12.9. The van der Waals surface area contributed by atoms with Crippen LogP contribution in [0.4, 0.5) is 13.2 Å². The lowest BCUT2D eigenvalue weighted by Gasteiger charge is -2.29. The fraction of sp³-hybridized carbons (Fsp3) is 0.478. The van der Waals surface area contributed by atoms with Crippen LogP contribution in [0.15, 0.2) is 53.4 Å². The van der Waals surface area contributed by atoms with Crippen molar-refractivity contribution in [1.82, 2.24) is 0 Å². The Labute approximate surface area is 220 Å². The molecule has 2 atom stereocenters. The summed E-state index contributed by atoms with van der Waals surface area (Å²) in [5.74, 6) is -1.93. The van der Waals surface area contributed by atoms with Gasteiger partial charge in [-0.05, 0) is 57.0 Å². The van der Waals surface area contributed by atoms with Crippen LogP contribution in [-0.2, 0) is 44.2 Å². The van der Waals surface area contributed by atoms with Gasteiger partial charge in [0.15, 0.2) is 15.7 Å². The minimum Gasteiger partial charge on any atom is -0.497 e. The third kappa shape index (κ3) is 8.03. The third-order valence-electron chi connectivity index (χ3n) is 5.37. The maximum absolute atomic E-state index is 13.7. The van der Waals surface area contributed by atoms with E-state index in [0.29, 0.717) is 11.3 Å². The Morgan fingerprint density at radius 3 is 1.87 bits per heavy atom. The van der Waals surface area contributed by atoms with Crippen LogP contribution in [0.5, 0.6) is 5.75 Å². The van der Waals surface area contributed by atoms with Gasteiger partial charge in [-0.3, -0.25) is 4.57 Å². The van der Waals surface area contributed by atoms with Crippen molar-refractivity contribution in [2.45, 2.75) is 55.1 Å². The molecule has 0 bridgehead atoms. The highest BCUT2D eigenvalue weighted by Gasteiger charge is 2.53. The molecule has 0 saturated carbocycles. The van der Waals surface area contributed by atoms with E-state index in [9.17, 15) is 34.6 Å². The number of hydrogen-bond acceptors (Lipinski definition) is 9.